The second-order valence-electron chi connectivity index (χ2n) is 6.37. The highest BCUT2D eigenvalue weighted by Crippen LogP contribution is 2.28. The second-order valence-corrected chi connectivity index (χ2v) is 6.37. The molecule has 2 unspecified atom stereocenters. The van der Waals surface area contributed by atoms with Gasteiger partial charge in [0, 0.05) is 12.1 Å². The summed E-state index contributed by atoms with van der Waals surface area (Å²) < 4.78 is 0. The Labute approximate surface area is 114 Å². The summed E-state index contributed by atoms with van der Waals surface area (Å²) in [4.78, 5) is 2.80. The molecule has 2 atom stereocenters. The molecule has 0 spiro atoms. The largest absolute Gasteiger partial charge is 0.315 e. The topological polar surface area (TPSA) is 15.3 Å². The van der Waals surface area contributed by atoms with Crippen LogP contribution < -0.4 is 5.32 Å². The van der Waals surface area contributed by atoms with Gasteiger partial charge in [0.2, 0.25) is 0 Å². The van der Waals surface area contributed by atoms with Crippen molar-refractivity contribution in [1.29, 1.82) is 0 Å². The molecule has 2 heteroatoms. The molecule has 1 aliphatic carbocycles. The van der Waals surface area contributed by atoms with Crippen molar-refractivity contribution in [3.05, 3.63) is 0 Å². The summed E-state index contributed by atoms with van der Waals surface area (Å²) in [5.74, 6) is 1.02. The van der Waals surface area contributed by atoms with E-state index in [4.69, 9.17) is 0 Å². The van der Waals surface area contributed by atoms with Gasteiger partial charge in [-0.2, -0.15) is 0 Å². The van der Waals surface area contributed by atoms with Gasteiger partial charge in [0.1, 0.15) is 0 Å². The third-order valence-corrected chi connectivity index (χ3v) is 5.17. The van der Waals surface area contributed by atoms with Gasteiger partial charge in [-0.1, -0.05) is 39.0 Å². The van der Waals surface area contributed by atoms with Crippen molar-refractivity contribution in [3.63, 3.8) is 0 Å². The fourth-order valence-electron chi connectivity index (χ4n) is 4.04. The smallest absolute Gasteiger partial charge is 0.0249 e. The maximum Gasteiger partial charge on any atom is 0.0249 e. The number of nitrogens with zero attached hydrogens (tertiary/aromatic N) is 1. The predicted octanol–water partition coefficient (Wildman–Crippen LogP) is 3.42. The summed E-state index contributed by atoms with van der Waals surface area (Å²) >= 11 is 0. The lowest BCUT2D eigenvalue weighted by molar-refractivity contribution is 0.100. The molecule has 0 aromatic rings. The highest BCUT2D eigenvalue weighted by molar-refractivity contribution is 4.88. The molecule has 2 aliphatic rings. The van der Waals surface area contributed by atoms with E-state index < -0.39 is 0 Å². The van der Waals surface area contributed by atoms with Crippen molar-refractivity contribution < 1.29 is 0 Å². The number of hydrogen-bond acceptors (Lipinski definition) is 2. The number of likely N-dealkylation sites (N-methyl/N-ethyl adjacent to an activating group) is 1. The lowest BCUT2D eigenvalue weighted by Gasteiger charge is -2.40. The Kier molecular flexibility index (Phi) is 5.97. The lowest BCUT2D eigenvalue weighted by atomic mass is 9.90. The normalized spacial score (nSPS) is 32.3. The Morgan fingerprint density at radius 1 is 1.00 bits per heavy atom. The number of rotatable bonds is 4. The van der Waals surface area contributed by atoms with Gasteiger partial charge in [0.25, 0.3) is 0 Å². The summed E-state index contributed by atoms with van der Waals surface area (Å²) in [6.45, 7) is 5.04. The zero-order valence-electron chi connectivity index (χ0n) is 12.5. The minimum Gasteiger partial charge on any atom is -0.315 e. The van der Waals surface area contributed by atoms with Crippen LogP contribution in [0.15, 0.2) is 0 Å². The zero-order valence-corrected chi connectivity index (χ0v) is 12.5. The quantitative estimate of drug-likeness (QED) is 0.771. The number of piperidine rings is 1. The van der Waals surface area contributed by atoms with E-state index in [1.54, 1.807) is 0 Å². The second kappa shape index (κ2) is 7.49. The van der Waals surface area contributed by atoms with Gasteiger partial charge in [-0.25, -0.2) is 0 Å². The third kappa shape index (κ3) is 3.71. The minimum atomic E-state index is 0.746. The van der Waals surface area contributed by atoms with Crippen LogP contribution in [0.1, 0.15) is 64.7 Å². The molecule has 0 aromatic carbocycles. The first-order valence-electron chi connectivity index (χ1n) is 8.26. The van der Waals surface area contributed by atoms with Crippen LogP contribution in [0.5, 0.6) is 0 Å². The van der Waals surface area contributed by atoms with E-state index in [9.17, 15) is 0 Å². The summed E-state index contributed by atoms with van der Waals surface area (Å²) in [5.41, 5.74) is 0. The van der Waals surface area contributed by atoms with Gasteiger partial charge >= 0.3 is 0 Å². The molecule has 0 amide bonds. The van der Waals surface area contributed by atoms with Crippen LogP contribution in [0.2, 0.25) is 0 Å². The van der Waals surface area contributed by atoms with Crippen molar-refractivity contribution >= 4 is 0 Å². The van der Waals surface area contributed by atoms with E-state index in [-0.39, 0.29) is 0 Å². The molecular formula is C16H32N2. The average Bonchev–Trinajstić information content (AvgIpc) is 2.65. The van der Waals surface area contributed by atoms with Crippen molar-refractivity contribution in [3.8, 4) is 0 Å². The van der Waals surface area contributed by atoms with E-state index in [1.165, 1.54) is 70.9 Å². The number of likely N-dealkylation sites (tertiary alicyclic amines) is 1. The SMILES string of the molecule is CCCC1CCN(C2CCCCCC2NC)CC1. The Morgan fingerprint density at radius 3 is 2.39 bits per heavy atom. The van der Waals surface area contributed by atoms with Crippen molar-refractivity contribution in [2.75, 3.05) is 20.1 Å². The number of nitrogens with one attached hydrogen (secondary N) is 1. The van der Waals surface area contributed by atoms with Crippen LogP contribution in [0, 0.1) is 5.92 Å². The molecule has 2 nitrogen and oxygen atoms in total. The molecule has 2 fully saturated rings. The van der Waals surface area contributed by atoms with Crippen LogP contribution in [0.4, 0.5) is 0 Å². The Balaban J connectivity index is 1.86. The van der Waals surface area contributed by atoms with E-state index in [2.05, 4.69) is 24.2 Å². The fourth-order valence-corrected chi connectivity index (χ4v) is 4.04. The Hall–Kier alpha value is -0.0800. The lowest BCUT2D eigenvalue weighted by Crippen LogP contribution is -2.51. The molecule has 0 bridgehead atoms. The molecule has 0 radical (unpaired) electrons. The first kappa shape index (κ1) is 14.3. The van der Waals surface area contributed by atoms with Gasteiger partial charge < -0.3 is 5.32 Å². The van der Waals surface area contributed by atoms with Gasteiger partial charge in [-0.05, 0) is 51.7 Å². The predicted molar refractivity (Wildman–Crippen MR) is 78.9 cm³/mol. The maximum absolute atomic E-state index is 3.59. The zero-order chi connectivity index (χ0) is 12.8. The molecule has 1 N–H and O–H groups in total. The molecule has 2 rings (SSSR count). The standard InChI is InChI=1S/C16H32N2/c1-3-7-14-10-12-18(13-11-14)16-9-6-4-5-8-15(16)17-2/h14-17H,3-13H2,1-2H3. The molecule has 1 saturated carbocycles. The van der Waals surface area contributed by atoms with E-state index in [1.807, 2.05) is 0 Å². The van der Waals surface area contributed by atoms with Gasteiger partial charge in [0.15, 0.2) is 0 Å². The Bertz CT molecular complexity index is 221. The highest BCUT2D eigenvalue weighted by Gasteiger charge is 2.30. The van der Waals surface area contributed by atoms with Crippen LogP contribution in [0.3, 0.4) is 0 Å². The third-order valence-electron chi connectivity index (χ3n) is 5.17. The van der Waals surface area contributed by atoms with E-state index in [0.29, 0.717) is 0 Å². The molecule has 0 aromatic heterocycles. The monoisotopic (exact) mass is 252 g/mol. The molecule has 1 heterocycles. The first-order chi connectivity index (χ1) is 8.85. The summed E-state index contributed by atoms with van der Waals surface area (Å²) in [7, 11) is 2.16. The average molecular weight is 252 g/mol. The van der Waals surface area contributed by atoms with Gasteiger partial charge in [0.05, 0.1) is 0 Å². The van der Waals surface area contributed by atoms with Gasteiger partial charge in [-0.15, -0.1) is 0 Å². The van der Waals surface area contributed by atoms with Crippen LogP contribution in [-0.2, 0) is 0 Å². The van der Waals surface area contributed by atoms with E-state index in [0.717, 1.165) is 18.0 Å². The summed E-state index contributed by atoms with van der Waals surface area (Å²) in [6, 6.07) is 1.57. The summed E-state index contributed by atoms with van der Waals surface area (Å²) in [5, 5.41) is 3.59. The highest BCUT2D eigenvalue weighted by atomic mass is 15.2. The van der Waals surface area contributed by atoms with Crippen LogP contribution in [-0.4, -0.2) is 37.1 Å². The summed E-state index contributed by atoms with van der Waals surface area (Å²) in [6.07, 6.45) is 12.8. The van der Waals surface area contributed by atoms with Crippen molar-refractivity contribution in [1.82, 2.24) is 10.2 Å². The number of hydrogen-bond donors (Lipinski definition) is 1. The molecule has 106 valence electrons. The maximum atomic E-state index is 3.59. The first-order valence-corrected chi connectivity index (χ1v) is 8.26. The minimum absolute atomic E-state index is 0.746. The Morgan fingerprint density at radius 2 is 1.72 bits per heavy atom. The van der Waals surface area contributed by atoms with Crippen LogP contribution >= 0.6 is 0 Å². The molecular weight excluding hydrogens is 220 g/mol. The van der Waals surface area contributed by atoms with Gasteiger partial charge in [-0.3, -0.25) is 4.90 Å². The molecule has 1 aliphatic heterocycles. The molecule has 18 heavy (non-hydrogen) atoms. The van der Waals surface area contributed by atoms with E-state index >= 15 is 0 Å². The van der Waals surface area contributed by atoms with Crippen molar-refractivity contribution in [2.45, 2.75) is 76.8 Å². The fraction of sp³-hybridized carbons (Fsp3) is 1.00. The van der Waals surface area contributed by atoms with Crippen LogP contribution in [0.25, 0.3) is 0 Å². The van der Waals surface area contributed by atoms with Crippen molar-refractivity contribution in [2.24, 2.45) is 5.92 Å². The molecule has 1 saturated heterocycles.